The Morgan fingerprint density at radius 1 is 0.960 bits per heavy atom. The summed E-state index contributed by atoms with van der Waals surface area (Å²) in [5, 5.41) is 0. The molecule has 1 amide bonds. The van der Waals surface area contributed by atoms with Crippen molar-refractivity contribution in [3.8, 4) is 0 Å². The summed E-state index contributed by atoms with van der Waals surface area (Å²) >= 11 is 0. The molecule has 134 valence electrons. The second kappa shape index (κ2) is 8.94. The Hall–Kier alpha value is -1.95. The third-order valence-corrected chi connectivity index (χ3v) is 6.69. The van der Waals surface area contributed by atoms with Gasteiger partial charge in [-0.3, -0.25) is 4.79 Å². The molecule has 0 aromatic heterocycles. The molecule has 2 rings (SSSR count). The van der Waals surface area contributed by atoms with Gasteiger partial charge in [0.1, 0.15) is 0 Å². The molecule has 0 saturated carbocycles. The summed E-state index contributed by atoms with van der Waals surface area (Å²) in [6.45, 7) is 2.48. The summed E-state index contributed by atoms with van der Waals surface area (Å²) < 4.78 is 0. The monoisotopic (exact) mass is 357 g/mol. The molecule has 0 heterocycles. The average Bonchev–Trinajstić information content (AvgIpc) is 2.65. The molecule has 2 aromatic carbocycles. The second-order valence-corrected chi connectivity index (χ2v) is 9.67. The minimum Gasteiger partial charge on any atom is -0.411 e. The highest BCUT2D eigenvalue weighted by atomic mass is 28.4. The number of benzene rings is 2. The number of aryl methyl sites for hydroxylation is 1. The topological polar surface area (TPSA) is 60.8 Å². The lowest BCUT2D eigenvalue weighted by atomic mass is 10.1. The van der Waals surface area contributed by atoms with E-state index in [9.17, 15) is 14.4 Å². The molecule has 0 radical (unpaired) electrons. The number of nitrogens with zero attached hydrogens (tertiary/aromatic N) is 1. The van der Waals surface area contributed by atoms with Crippen LogP contribution in [0, 0.1) is 0 Å². The number of rotatable bonds is 8. The van der Waals surface area contributed by atoms with Gasteiger partial charge in [-0.2, -0.15) is 0 Å². The minimum absolute atomic E-state index is 0.00378. The predicted molar refractivity (Wildman–Crippen MR) is 103 cm³/mol. The van der Waals surface area contributed by atoms with Crippen LogP contribution in [-0.2, 0) is 12.8 Å². The lowest BCUT2D eigenvalue weighted by Gasteiger charge is -2.18. The summed E-state index contributed by atoms with van der Waals surface area (Å²) in [5.41, 5.74) is 2.90. The third kappa shape index (κ3) is 6.12. The number of carbonyl (C=O) groups is 1. The van der Waals surface area contributed by atoms with Gasteiger partial charge in [-0.15, -0.1) is 0 Å². The van der Waals surface area contributed by atoms with E-state index in [1.165, 1.54) is 5.56 Å². The molecule has 2 N–H and O–H groups in total. The third-order valence-electron chi connectivity index (χ3n) is 4.51. The van der Waals surface area contributed by atoms with Crippen LogP contribution in [0.25, 0.3) is 0 Å². The Bertz CT molecular complexity index is 671. The van der Waals surface area contributed by atoms with Crippen molar-refractivity contribution in [2.45, 2.75) is 31.9 Å². The number of amides is 1. The fourth-order valence-electron chi connectivity index (χ4n) is 2.60. The molecule has 0 saturated heterocycles. The van der Waals surface area contributed by atoms with E-state index in [2.05, 4.69) is 12.1 Å². The first kappa shape index (κ1) is 19.4. The molecule has 0 atom stereocenters. The Kier molecular flexibility index (Phi) is 6.93. The van der Waals surface area contributed by atoms with Crippen molar-refractivity contribution in [1.82, 2.24) is 4.90 Å². The highest BCUT2D eigenvalue weighted by Crippen LogP contribution is 2.14. The van der Waals surface area contributed by atoms with E-state index in [0.29, 0.717) is 30.6 Å². The van der Waals surface area contributed by atoms with Crippen LogP contribution >= 0.6 is 0 Å². The van der Waals surface area contributed by atoms with Gasteiger partial charge < -0.3 is 14.5 Å². The normalized spacial score (nSPS) is 11.4. The number of hydrogen-bond donors (Lipinski definition) is 2. The molecule has 0 fully saturated rings. The lowest BCUT2D eigenvalue weighted by Crippen LogP contribution is -2.33. The van der Waals surface area contributed by atoms with Gasteiger partial charge in [0.25, 0.3) is 5.91 Å². The van der Waals surface area contributed by atoms with Crippen molar-refractivity contribution in [3.05, 3.63) is 71.3 Å². The van der Waals surface area contributed by atoms with Crippen LogP contribution in [-0.4, -0.2) is 42.6 Å². The fourth-order valence-corrected chi connectivity index (χ4v) is 3.64. The average molecular weight is 358 g/mol. The Morgan fingerprint density at radius 3 is 2.16 bits per heavy atom. The van der Waals surface area contributed by atoms with E-state index in [1.807, 2.05) is 49.5 Å². The summed E-state index contributed by atoms with van der Waals surface area (Å²) in [7, 11) is -1.21. The molecule has 0 aliphatic rings. The second-order valence-electron chi connectivity index (χ2n) is 6.50. The molecule has 0 bridgehead atoms. The predicted octanol–water partition coefficient (Wildman–Crippen LogP) is 2.99. The fraction of sp³-hybridized carbons (Fsp3) is 0.350. The number of carbonyl (C=O) groups excluding carboxylic acids is 1. The zero-order valence-electron chi connectivity index (χ0n) is 15.0. The summed E-state index contributed by atoms with van der Waals surface area (Å²) in [6.07, 6.45) is 1.46. The van der Waals surface area contributed by atoms with Crippen molar-refractivity contribution in [3.63, 3.8) is 0 Å². The van der Waals surface area contributed by atoms with Crippen molar-refractivity contribution >= 4 is 14.5 Å². The smallest absolute Gasteiger partial charge is 0.332 e. The molecule has 0 aliphatic carbocycles. The molecule has 0 unspecified atom stereocenters. The van der Waals surface area contributed by atoms with Crippen LogP contribution in [0.4, 0.5) is 0 Å². The largest absolute Gasteiger partial charge is 0.411 e. The summed E-state index contributed by atoms with van der Waals surface area (Å²) in [5.74, 6) is 0.00378. The van der Waals surface area contributed by atoms with Crippen LogP contribution in [0.15, 0.2) is 54.6 Å². The summed E-state index contributed by atoms with van der Waals surface area (Å²) in [4.78, 5) is 33.8. The zero-order valence-corrected chi connectivity index (χ0v) is 16.0. The highest BCUT2D eigenvalue weighted by molar-refractivity contribution is 6.64. The van der Waals surface area contributed by atoms with Crippen LogP contribution in [0.2, 0.25) is 12.1 Å². The van der Waals surface area contributed by atoms with Crippen molar-refractivity contribution < 1.29 is 14.4 Å². The SMILES string of the molecule is CC[Si](O)(O)CCc1ccc(C(=O)N(C)CCc2ccccc2)cc1. The van der Waals surface area contributed by atoms with E-state index in [0.717, 1.165) is 12.0 Å². The summed E-state index contributed by atoms with van der Waals surface area (Å²) in [6, 6.07) is 18.4. The zero-order chi connectivity index (χ0) is 18.3. The molecule has 5 heteroatoms. The van der Waals surface area contributed by atoms with Crippen molar-refractivity contribution in [2.24, 2.45) is 0 Å². The number of hydrogen-bond acceptors (Lipinski definition) is 3. The van der Waals surface area contributed by atoms with Gasteiger partial charge in [-0.1, -0.05) is 49.4 Å². The van der Waals surface area contributed by atoms with Gasteiger partial charge in [0.05, 0.1) is 0 Å². The molecular weight excluding hydrogens is 330 g/mol. The molecule has 25 heavy (non-hydrogen) atoms. The van der Waals surface area contributed by atoms with Gasteiger partial charge in [-0.05, 0) is 48.2 Å². The molecule has 4 nitrogen and oxygen atoms in total. The van der Waals surface area contributed by atoms with Gasteiger partial charge in [0.2, 0.25) is 0 Å². The lowest BCUT2D eigenvalue weighted by molar-refractivity contribution is 0.0796. The Labute approximate surface area is 151 Å². The molecule has 0 aliphatic heterocycles. The first-order valence-corrected chi connectivity index (χ1v) is 11.1. The minimum atomic E-state index is -3.03. The van der Waals surface area contributed by atoms with E-state index in [4.69, 9.17) is 0 Å². The van der Waals surface area contributed by atoms with Crippen LogP contribution in [0.3, 0.4) is 0 Å². The van der Waals surface area contributed by atoms with Gasteiger partial charge in [0, 0.05) is 19.2 Å². The van der Waals surface area contributed by atoms with Gasteiger partial charge in [0.15, 0.2) is 0 Å². The standard InChI is InChI=1S/C20H27NO3Si/c1-3-25(23,24)16-14-18-9-11-19(12-10-18)20(22)21(2)15-13-17-7-5-4-6-8-17/h4-12,23-24H,3,13-16H2,1-2H3. The quantitative estimate of drug-likeness (QED) is 0.714. The van der Waals surface area contributed by atoms with Crippen LogP contribution in [0.5, 0.6) is 0 Å². The maximum Gasteiger partial charge on any atom is 0.332 e. The first-order chi connectivity index (χ1) is 11.9. The number of likely N-dealkylation sites (N-methyl/N-ethyl adjacent to an activating group) is 1. The highest BCUT2D eigenvalue weighted by Gasteiger charge is 2.25. The molecule has 0 spiro atoms. The molecule has 2 aromatic rings. The van der Waals surface area contributed by atoms with E-state index < -0.39 is 8.56 Å². The van der Waals surface area contributed by atoms with Crippen LogP contribution < -0.4 is 0 Å². The van der Waals surface area contributed by atoms with E-state index in [-0.39, 0.29) is 5.91 Å². The maximum absolute atomic E-state index is 12.5. The van der Waals surface area contributed by atoms with E-state index >= 15 is 0 Å². The Balaban J connectivity index is 1.88. The van der Waals surface area contributed by atoms with Gasteiger partial charge >= 0.3 is 8.56 Å². The van der Waals surface area contributed by atoms with Crippen molar-refractivity contribution in [2.75, 3.05) is 13.6 Å². The molecular formula is C20H27NO3Si. The van der Waals surface area contributed by atoms with Crippen molar-refractivity contribution in [1.29, 1.82) is 0 Å². The maximum atomic E-state index is 12.5. The van der Waals surface area contributed by atoms with E-state index in [1.54, 1.807) is 11.8 Å². The Morgan fingerprint density at radius 2 is 1.56 bits per heavy atom. The van der Waals surface area contributed by atoms with Crippen LogP contribution in [0.1, 0.15) is 28.4 Å². The van der Waals surface area contributed by atoms with Gasteiger partial charge in [-0.25, -0.2) is 0 Å². The first-order valence-electron chi connectivity index (χ1n) is 8.74.